The quantitative estimate of drug-likeness (QED) is 0.756. The van der Waals surface area contributed by atoms with Gasteiger partial charge in [-0.15, -0.1) is 0 Å². The molecule has 1 rings (SSSR count). The fourth-order valence-electron chi connectivity index (χ4n) is 1.91. The van der Waals surface area contributed by atoms with Gasteiger partial charge >= 0.3 is 0 Å². The van der Waals surface area contributed by atoms with E-state index in [0.29, 0.717) is 32.0 Å². The molecule has 1 aliphatic heterocycles. The van der Waals surface area contributed by atoms with Crippen LogP contribution in [0.5, 0.6) is 0 Å². The molecule has 1 aliphatic rings. The van der Waals surface area contributed by atoms with Crippen LogP contribution in [0.4, 0.5) is 0 Å². The molecule has 0 aromatic heterocycles. The van der Waals surface area contributed by atoms with Gasteiger partial charge in [-0.25, -0.2) is 8.42 Å². The second kappa shape index (κ2) is 6.35. The smallest absolute Gasteiger partial charge is 0.237 e. The van der Waals surface area contributed by atoms with Crippen molar-refractivity contribution in [2.75, 3.05) is 31.1 Å². The zero-order valence-corrected chi connectivity index (χ0v) is 11.2. The Bertz CT molecular complexity index is 346. The van der Waals surface area contributed by atoms with Gasteiger partial charge in [-0.05, 0) is 31.7 Å². The van der Waals surface area contributed by atoms with Crippen molar-refractivity contribution in [1.82, 2.24) is 4.90 Å². The number of nitrogens with two attached hydrogens (primary N) is 1. The van der Waals surface area contributed by atoms with E-state index < -0.39 is 9.84 Å². The molecule has 0 saturated carbocycles. The Balaban J connectivity index is 2.43. The van der Waals surface area contributed by atoms with Gasteiger partial charge in [0.15, 0.2) is 9.84 Å². The van der Waals surface area contributed by atoms with Gasteiger partial charge in [0, 0.05) is 13.1 Å². The van der Waals surface area contributed by atoms with Crippen LogP contribution in [0.3, 0.4) is 0 Å². The van der Waals surface area contributed by atoms with Crippen LogP contribution in [-0.2, 0) is 14.6 Å². The Morgan fingerprint density at radius 2 is 1.94 bits per heavy atom. The van der Waals surface area contributed by atoms with Gasteiger partial charge in [-0.2, -0.15) is 0 Å². The largest absolute Gasteiger partial charge is 0.342 e. The van der Waals surface area contributed by atoms with Crippen LogP contribution < -0.4 is 5.73 Å². The van der Waals surface area contributed by atoms with Crippen molar-refractivity contribution < 1.29 is 13.2 Å². The van der Waals surface area contributed by atoms with E-state index in [9.17, 15) is 13.2 Å². The van der Waals surface area contributed by atoms with Gasteiger partial charge in [-0.3, -0.25) is 4.79 Å². The maximum atomic E-state index is 11.8. The number of rotatable bonds is 5. The third kappa shape index (κ3) is 5.04. The van der Waals surface area contributed by atoms with Crippen LogP contribution in [0, 0.1) is 5.92 Å². The van der Waals surface area contributed by atoms with Crippen molar-refractivity contribution in [2.45, 2.75) is 26.2 Å². The normalized spacial score (nSPS) is 18.4. The lowest BCUT2D eigenvalue weighted by Gasteiger charge is -2.30. The number of piperidine rings is 1. The standard InChI is InChI=1S/C11H22N2O3S/c1-10-3-6-13(7-4-10)11(14)9-17(15,16)8-2-5-12/h10H,2-9,12H2,1H3. The molecular weight excluding hydrogens is 240 g/mol. The SMILES string of the molecule is CC1CCN(C(=O)CS(=O)(=O)CCCN)CC1. The maximum Gasteiger partial charge on any atom is 0.237 e. The summed E-state index contributed by atoms with van der Waals surface area (Å²) < 4.78 is 23.2. The highest BCUT2D eigenvalue weighted by Crippen LogP contribution is 2.16. The molecular formula is C11H22N2O3S. The summed E-state index contributed by atoms with van der Waals surface area (Å²) in [7, 11) is -3.28. The average molecular weight is 262 g/mol. The molecule has 1 fully saturated rings. The first kappa shape index (κ1) is 14.4. The molecule has 1 heterocycles. The van der Waals surface area contributed by atoms with Gasteiger partial charge in [0.25, 0.3) is 0 Å². The number of likely N-dealkylation sites (tertiary alicyclic amines) is 1. The van der Waals surface area contributed by atoms with Gasteiger partial charge < -0.3 is 10.6 Å². The monoisotopic (exact) mass is 262 g/mol. The molecule has 0 bridgehead atoms. The highest BCUT2D eigenvalue weighted by atomic mass is 32.2. The molecule has 0 atom stereocenters. The van der Waals surface area contributed by atoms with Gasteiger partial charge in [-0.1, -0.05) is 6.92 Å². The predicted molar refractivity (Wildman–Crippen MR) is 67.3 cm³/mol. The molecule has 0 aliphatic carbocycles. The van der Waals surface area contributed by atoms with E-state index in [1.165, 1.54) is 0 Å². The first-order valence-corrected chi connectivity index (χ1v) is 7.95. The third-order valence-electron chi connectivity index (χ3n) is 3.14. The van der Waals surface area contributed by atoms with Gasteiger partial charge in [0.05, 0.1) is 5.75 Å². The topological polar surface area (TPSA) is 80.5 Å². The van der Waals surface area contributed by atoms with Crippen molar-refractivity contribution >= 4 is 15.7 Å². The third-order valence-corrected chi connectivity index (χ3v) is 4.74. The minimum atomic E-state index is -3.28. The number of sulfone groups is 1. The number of hydrogen-bond acceptors (Lipinski definition) is 4. The molecule has 0 unspecified atom stereocenters. The molecule has 5 nitrogen and oxygen atoms in total. The van der Waals surface area contributed by atoms with E-state index in [2.05, 4.69) is 6.92 Å². The molecule has 0 radical (unpaired) electrons. The molecule has 1 saturated heterocycles. The van der Waals surface area contributed by atoms with Crippen LogP contribution in [-0.4, -0.2) is 50.4 Å². The molecule has 0 spiro atoms. The minimum Gasteiger partial charge on any atom is -0.342 e. The van der Waals surface area contributed by atoms with Gasteiger partial charge in [0.2, 0.25) is 5.91 Å². The first-order valence-electron chi connectivity index (χ1n) is 6.13. The lowest BCUT2D eigenvalue weighted by atomic mass is 9.99. The zero-order chi connectivity index (χ0) is 12.9. The summed E-state index contributed by atoms with van der Waals surface area (Å²) in [5.74, 6) is 0.0303. The predicted octanol–water partition coefficient (Wildman–Crippen LogP) is 0.00850. The lowest BCUT2D eigenvalue weighted by molar-refractivity contribution is -0.129. The zero-order valence-electron chi connectivity index (χ0n) is 10.4. The summed E-state index contributed by atoms with van der Waals surface area (Å²) in [4.78, 5) is 13.5. The minimum absolute atomic E-state index is 0.0134. The van der Waals surface area contributed by atoms with Crippen molar-refractivity contribution in [2.24, 2.45) is 11.7 Å². The number of nitrogens with zero attached hydrogens (tertiary/aromatic N) is 1. The molecule has 17 heavy (non-hydrogen) atoms. The van der Waals surface area contributed by atoms with Crippen molar-refractivity contribution in [1.29, 1.82) is 0 Å². The van der Waals surface area contributed by atoms with E-state index in [1.54, 1.807) is 4.90 Å². The second-order valence-electron chi connectivity index (χ2n) is 4.80. The highest BCUT2D eigenvalue weighted by molar-refractivity contribution is 7.92. The summed E-state index contributed by atoms with van der Waals surface area (Å²) >= 11 is 0. The molecule has 6 heteroatoms. The van der Waals surface area contributed by atoms with Crippen molar-refractivity contribution in [3.8, 4) is 0 Å². The van der Waals surface area contributed by atoms with E-state index in [4.69, 9.17) is 5.73 Å². The van der Waals surface area contributed by atoms with Crippen molar-refractivity contribution in [3.05, 3.63) is 0 Å². The Morgan fingerprint density at radius 3 is 2.47 bits per heavy atom. The molecule has 2 N–H and O–H groups in total. The Hall–Kier alpha value is -0.620. The maximum absolute atomic E-state index is 11.8. The highest BCUT2D eigenvalue weighted by Gasteiger charge is 2.24. The lowest BCUT2D eigenvalue weighted by Crippen LogP contribution is -2.41. The van der Waals surface area contributed by atoms with Crippen LogP contribution in [0.1, 0.15) is 26.2 Å². The molecule has 0 aromatic rings. The second-order valence-corrected chi connectivity index (χ2v) is 6.98. The van der Waals surface area contributed by atoms with Gasteiger partial charge in [0.1, 0.15) is 5.75 Å². The van der Waals surface area contributed by atoms with E-state index in [0.717, 1.165) is 12.8 Å². The number of amides is 1. The van der Waals surface area contributed by atoms with Crippen LogP contribution in [0.2, 0.25) is 0 Å². The number of carbonyl (C=O) groups is 1. The summed E-state index contributed by atoms with van der Waals surface area (Å²) in [5.41, 5.74) is 5.26. The summed E-state index contributed by atoms with van der Waals surface area (Å²) in [6.45, 7) is 3.87. The molecule has 1 amide bonds. The fraction of sp³-hybridized carbons (Fsp3) is 0.909. The summed E-state index contributed by atoms with van der Waals surface area (Å²) in [6, 6.07) is 0. The molecule has 0 aromatic carbocycles. The van der Waals surface area contributed by atoms with Crippen LogP contribution in [0.25, 0.3) is 0 Å². The number of hydrogen-bond donors (Lipinski definition) is 1. The first-order chi connectivity index (χ1) is 7.94. The van der Waals surface area contributed by atoms with E-state index in [-0.39, 0.29) is 17.4 Å². The Kier molecular flexibility index (Phi) is 5.39. The summed E-state index contributed by atoms with van der Waals surface area (Å²) in [6.07, 6.45) is 2.36. The van der Waals surface area contributed by atoms with Crippen LogP contribution >= 0.6 is 0 Å². The Morgan fingerprint density at radius 1 is 1.35 bits per heavy atom. The van der Waals surface area contributed by atoms with Crippen molar-refractivity contribution in [3.63, 3.8) is 0 Å². The Labute approximate surface area is 103 Å². The average Bonchev–Trinajstić information content (AvgIpc) is 2.26. The fourth-order valence-corrected chi connectivity index (χ4v) is 3.22. The molecule has 100 valence electrons. The van der Waals surface area contributed by atoms with Crippen LogP contribution in [0.15, 0.2) is 0 Å². The van der Waals surface area contributed by atoms with E-state index >= 15 is 0 Å². The summed E-state index contributed by atoms with van der Waals surface area (Å²) in [5, 5.41) is 0. The van der Waals surface area contributed by atoms with E-state index in [1.807, 2.05) is 0 Å². The number of carbonyl (C=O) groups excluding carboxylic acids is 1.